The normalized spacial score (nSPS) is 10.5. The Morgan fingerprint density at radius 1 is 1.04 bits per heavy atom. The number of nitrogens with zero attached hydrogens (tertiary/aromatic N) is 1. The Balaban J connectivity index is 1.97. The van der Waals surface area contributed by atoms with Gasteiger partial charge in [-0.15, -0.1) is 0 Å². The van der Waals surface area contributed by atoms with Crippen molar-refractivity contribution in [2.75, 3.05) is 27.9 Å². The number of hydrogen-bond donors (Lipinski definition) is 1. The number of amides is 1. The quantitative estimate of drug-likeness (QED) is 0.576. The van der Waals surface area contributed by atoms with Crippen LogP contribution in [0.5, 0.6) is 23.0 Å². The van der Waals surface area contributed by atoms with Crippen LogP contribution in [0.4, 0.5) is 4.39 Å². The lowest BCUT2D eigenvalue weighted by molar-refractivity contribution is -0.123. The number of benzene rings is 2. The van der Waals surface area contributed by atoms with Crippen LogP contribution in [0.2, 0.25) is 0 Å². The number of carbonyl (C=O) groups is 1. The van der Waals surface area contributed by atoms with Crippen molar-refractivity contribution in [3.8, 4) is 23.0 Å². The second kappa shape index (κ2) is 9.26. The van der Waals surface area contributed by atoms with E-state index in [1.54, 1.807) is 12.1 Å². The first-order valence-electron chi connectivity index (χ1n) is 7.58. The van der Waals surface area contributed by atoms with Crippen LogP contribution in [0.15, 0.2) is 41.5 Å². The lowest BCUT2D eigenvalue weighted by Crippen LogP contribution is -2.24. The molecular weight excluding hydrogens is 343 g/mol. The zero-order chi connectivity index (χ0) is 18.9. The van der Waals surface area contributed by atoms with Crippen LogP contribution < -0.4 is 24.4 Å². The van der Waals surface area contributed by atoms with Gasteiger partial charge in [-0.25, -0.2) is 9.82 Å². The van der Waals surface area contributed by atoms with Crippen molar-refractivity contribution in [3.05, 3.63) is 47.8 Å². The molecule has 0 aliphatic rings. The first-order chi connectivity index (χ1) is 12.6. The molecule has 2 rings (SSSR count). The SMILES string of the molecule is COc1ccc(/C=N/NC(=O)COc2ccc(F)cc2)c(OC)c1OC. The average molecular weight is 362 g/mol. The highest BCUT2D eigenvalue weighted by molar-refractivity contribution is 5.87. The number of methoxy groups -OCH3 is 3. The Bertz CT molecular complexity index is 778. The Morgan fingerprint density at radius 3 is 2.35 bits per heavy atom. The minimum Gasteiger partial charge on any atom is -0.493 e. The molecule has 2 aromatic carbocycles. The van der Waals surface area contributed by atoms with Gasteiger partial charge in [0.1, 0.15) is 11.6 Å². The maximum atomic E-state index is 12.8. The monoisotopic (exact) mass is 362 g/mol. The molecule has 2 aromatic rings. The average Bonchev–Trinajstić information content (AvgIpc) is 2.66. The van der Waals surface area contributed by atoms with E-state index in [2.05, 4.69) is 10.5 Å². The van der Waals surface area contributed by atoms with E-state index in [0.717, 1.165) is 0 Å². The van der Waals surface area contributed by atoms with E-state index in [1.807, 2.05) is 0 Å². The van der Waals surface area contributed by atoms with Crippen LogP contribution in [-0.4, -0.2) is 40.1 Å². The third-order valence-corrected chi connectivity index (χ3v) is 3.31. The number of nitrogens with one attached hydrogen (secondary N) is 1. The van der Waals surface area contributed by atoms with Gasteiger partial charge in [0.25, 0.3) is 5.91 Å². The maximum Gasteiger partial charge on any atom is 0.277 e. The zero-order valence-corrected chi connectivity index (χ0v) is 14.6. The maximum absolute atomic E-state index is 12.8. The highest BCUT2D eigenvalue weighted by Crippen LogP contribution is 2.38. The molecule has 1 amide bonds. The standard InChI is InChI=1S/C18H19FN2O5/c1-23-15-9-4-12(17(24-2)18(15)25-3)10-20-21-16(22)11-26-14-7-5-13(19)6-8-14/h4-10H,11H2,1-3H3,(H,21,22)/b20-10+. The summed E-state index contributed by atoms with van der Waals surface area (Å²) < 4.78 is 33.8. The van der Waals surface area contributed by atoms with E-state index < -0.39 is 5.91 Å². The summed E-state index contributed by atoms with van der Waals surface area (Å²) in [6.07, 6.45) is 1.41. The number of carbonyl (C=O) groups excluding carboxylic acids is 1. The molecule has 0 heterocycles. The van der Waals surface area contributed by atoms with E-state index in [1.165, 1.54) is 51.8 Å². The van der Waals surface area contributed by atoms with Crippen molar-refractivity contribution >= 4 is 12.1 Å². The zero-order valence-electron chi connectivity index (χ0n) is 14.6. The van der Waals surface area contributed by atoms with Crippen molar-refractivity contribution in [3.63, 3.8) is 0 Å². The molecule has 0 aliphatic heterocycles. The number of halogens is 1. The number of rotatable bonds is 8. The molecule has 0 saturated heterocycles. The van der Waals surface area contributed by atoms with Gasteiger partial charge in [0.05, 0.1) is 27.5 Å². The summed E-state index contributed by atoms with van der Waals surface area (Å²) in [5.41, 5.74) is 2.92. The fourth-order valence-electron chi connectivity index (χ4n) is 2.11. The lowest BCUT2D eigenvalue weighted by atomic mass is 10.2. The van der Waals surface area contributed by atoms with Gasteiger partial charge in [-0.05, 0) is 36.4 Å². The van der Waals surface area contributed by atoms with Gasteiger partial charge in [0, 0.05) is 5.56 Å². The number of hydrogen-bond acceptors (Lipinski definition) is 6. The fraction of sp³-hybridized carbons (Fsp3) is 0.222. The molecule has 7 nitrogen and oxygen atoms in total. The van der Waals surface area contributed by atoms with Crippen molar-refractivity contribution in [1.29, 1.82) is 0 Å². The summed E-state index contributed by atoms with van der Waals surface area (Å²) in [6, 6.07) is 8.76. The van der Waals surface area contributed by atoms with Gasteiger partial charge in [-0.3, -0.25) is 4.79 Å². The van der Waals surface area contributed by atoms with Crippen LogP contribution in [0.25, 0.3) is 0 Å². The minimum atomic E-state index is -0.468. The van der Waals surface area contributed by atoms with Gasteiger partial charge >= 0.3 is 0 Å². The predicted octanol–water partition coefficient (Wildman–Crippen LogP) is 2.38. The molecule has 0 radical (unpaired) electrons. The molecule has 0 spiro atoms. The highest BCUT2D eigenvalue weighted by atomic mass is 19.1. The number of ether oxygens (including phenoxy) is 4. The van der Waals surface area contributed by atoms with Crippen LogP contribution in [0, 0.1) is 5.82 Å². The number of hydrazone groups is 1. The van der Waals surface area contributed by atoms with Crippen LogP contribution in [0.1, 0.15) is 5.56 Å². The smallest absolute Gasteiger partial charge is 0.277 e. The topological polar surface area (TPSA) is 78.4 Å². The lowest BCUT2D eigenvalue weighted by Gasteiger charge is -2.13. The van der Waals surface area contributed by atoms with Gasteiger partial charge in [-0.2, -0.15) is 5.10 Å². The molecular formula is C18H19FN2O5. The molecule has 26 heavy (non-hydrogen) atoms. The van der Waals surface area contributed by atoms with Gasteiger partial charge in [0.2, 0.25) is 5.75 Å². The molecule has 0 saturated carbocycles. The van der Waals surface area contributed by atoms with Gasteiger partial charge in [0.15, 0.2) is 18.1 Å². The Labute approximate surface area is 150 Å². The summed E-state index contributed by atoms with van der Waals surface area (Å²) >= 11 is 0. The fourth-order valence-corrected chi connectivity index (χ4v) is 2.11. The largest absolute Gasteiger partial charge is 0.493 e. The van der Waals surface area contributed by atoms with Crippen LogP contribution >= 0.6 is 0 Å². The van der Waals surface area contributed by atoms with Crippen LogP contribution in [-0.2, 0) is 4.79 Å². The van der Waals surface area contributed by atoms with Crippen molar-refractivity contribution < 1.29 is 28.1 Å². The predicted molar refractivity (Wildman–Crippen MR) is 93.7 cm³/mol. The van der Waals surface area contributed by atoms with Crippen LogP contribution in [0.3, 0.4) is 0 Å². The summed E-state index contributed by atoms with van der Waals surface area (Å²) in [5.74, 6) is 0.892. The molecule has 0 aromatic heterocycles. The second-order valence-electron chi connectivity index (χ2n) is 4.96. The van der Waals surface area contributed by atoms with E-state index in [4.69, 9.17) is 18.9 Å². The second-order valence-corrected chi connectivity index (χ2v) is 4.96. The first kappa shape index (κ1) is 19.0. The Morgan fingerprint density at radius 2 is 1.73 bits per heavy atom. The molecule has 0 atom stereocenters. The third kappa shape index (κ3) is 4.85. The van der Waals surface area contributed by atoms with Gasteiger partial charge in [-0.1, -0.05) is 0 Å². The van der Waals surface area contributed by atoms with Crippen molar-refractivity contribution in [2.24, 2.45) is 5.10 Å². The molecule has 0 unspecified atom stereocenters. The molecule has 0 bridgehead atoms. The molecule has 138 valence electrons. The summed E-state index contributed by atoms with van der Waals surface area (Å²) in [7, 11) is 4.51. The Hall–Kier alpha value is -3.29. The minimum absolute atomic E-state index is 0.258. The van der Waals surface area contributed by atoms with E-state index in [-0.39, 0.29) is 12.4 Å². The highest BCUT2D eigenvalue weighted by Gasteiger charge is 2.14. The first-order valence-corrected chi connectivity index (χ1v) is 7.58. The molecule has 8 heteroatoms. The van der Waals surface area contributed by atoms with Gasteiger partial charge < -0.3 is 18.9 Å². The molecule has 0 aliphatic carbocycles. The van der Waals surface area contributed by atoms with E-state index >= 15 is 0 Å². The van der Waals surface area contributed by atoms with E-state index in [0.29, 0.717) is 28.6 Å². The summed E-state index contributed by atoms with van der Waals surface area (Å²) in [5, 5.41) is 3.87. The van der Waals surface area contributed by atoms with Crippen molar-refractivity contribution in [1.82, 2.24) is 5.43 Å². The van der Waals surface area contributed by atoms with E-state index in [9.17, 15) is 9.18 Å². The molecule has 1 N–H and O–H groups in total. The van der Waals surface area contributed by atoms with Crippen molar-refractivity contribution in [2.45, 2.75) is 0 Å². The summed E-state index contributed by atoms with van der Waals surface area (Å²) in [6.45, 7) is -0.258. The third-order valence-electron chi connectivity index (χ3n) is 3.31. The Kier molecular flexibility index (Phi) is 6.78. The summed E-state index contributed by atoms with van der Waals surface area (Å²) in [4.78, 5) is 11.8. The molecule has 0 fully saturated rings.